The Morgan fingerprint density at radius 3 is 1.31 bits per heavy atom. The lowest BCUT2D eigenvalue weighted by Crippen LogP contribution is -2.08. The summed E-state index contributed by atoms with van der Waals surface area (Å²) in [6.45, 7) is 9.78. The Bertz CT molecular complexity index is 5870. The average molecular weight is 1570 g/mol. The summed E-state index contributed by atoms with van der Waals surface area (Å²) in [6.07, 6.45) is 6.73. The van der Waals surface area contributed by atoms with Crippen LogP contribution in [-0.2, 0) is 0 Å². The number of hydrogen-bond acceptors (Lipinski definition) is 34. The fourth-order valence-corrected chi connectivity index (χ4v) is 12.0. The van der Waals surface area contributed by atoms with Gasteiger partial charge >= 0.3 is 0 Å². The van der Waals surface area contributed by atoms with Crippen LogP contribution < -0.4 is 74.8 Å². The molecule has 0 saturated carbocycles. The number of nitrogens with one attached hydrogen (secondary N) is 6. The van der Waals surface area contributed by atoms with Gasteiger partial charge in [-0.1, -0.05) is 66.2 Å². The highest BCUT2D eigenvalue weighted by Gasteiger charge is 2.19. The Kier molecular flexibility index (Phi) is 24.7. The van der Waals surface area contributed by atoms with E-state index in [2.05, 4.69) is 112 Å². The molecule has 16 N–H and O–H groups in total. The first kappa shape index (κ1) is 77.4. The molecule has 36 nitrogen and oxygen atoms in total. The lowest BCUT2D eigenvalue weighted by Gasteiger charge is -2.09. The minimum atomic E-state index is -0.422. The van der Waals surface area contributed by atoms with Gasteiger partial charge in [0.25, 0.3) is 0 Å². The third kappa shape index (κ3) is 20.5. The molecule has 0 aliphatic heterocycles. The van der Waals surface area contributed by atoms with Gasteiger partial charge in [-0.15, -0.1) is 59.5 Å². The zero-order valence-corrected chi connectivity index (χ0v) is 64.0. The zero-order valence-electron chi connectivity index (χ0n) is 61.5. The normalized spacial score (nSPS) is 10.5. The smallest absolute Gasteiger partial charge is 0.249 e. The molecule has 0 bridgehead atoms. The number of nitrogen functional groups attached to an aromatic ring is 5. The molecule has 572 valence electrons. The van der Waals surface area contributed by atoms with Gasteiger partial charge in [0.15, 0.2) is 11.6 Å². The van der Waals surface area contributed by atoms with Gasteiger partial charge in [-0.2, -0.15) is 53.6 Å². The fraction of sp³-hybridized carbons (Fsp3) is 0.110. The predicted octanol–water partition coefficient (Wildman–Crippen LogP) is 12.8. The number of rotatable bonds is 20. The van der Waals surface area contributed by atoms with Crippen LogP contribution >= 0.6 is 34.0 Å². The number of nitriles is 1. The van der Waals surface area contributed by atoms with Gasteiger partial charge in [-0.05, 0) is 132 Å². The lowest BCUT2D eigenvalue weighted by atomic mass is 10.2. The number of aromatic nitrogens is 21. The first-order chi connectivity index (χ1) is 54.7. The van der Waals surface area contributed by atoms with Crippen molar-refractivity contribution in [3.05, 3.63) is 232 Å². The summed E-state index contributed by atoms with van der Waals surface area (Å²) in [6, 6.07) is 53.3. The molecular weight excluding hydrogens is 1500 g/mol. The molecule has 0 atom stereocenters. The van der Waals surface area contributed by atoms with Crippen LogP contribution in [0.25, 0.3) is 27.0 Å². The van der Waals surface area contributed by atoms with Crippen molar-refractivity contribution in [3.63, 3.8) is 0 Å². The monoisotopic (exact) mass is 1570 g/mol. The van der Waals surface area contributed by atoms with Gasteiger partial charge in [0, 0.05) is 74.3 Å². The van der Waals surface area contributed by atoms with Crippen LogP contribution in [0.1, 0.15) is 31.6 Å². The molecule has 0 spiro atoms. The summed E-state index contributed by atoms with van der Waals surface area (Å²) in [4.78, 5) is 49.8. The Balaban J connectivity index is 0.000000131. The second-order valence-electron chi connectivity index (χ2n) is 23.6. The van der Waals surface area contributed by atoms with Gasteiger partial charge < -0.3 is 74.8 Å². The molecule has 40 heteroatoms. The number of anilines is 17. The van der Waals surface area contributed by atoms with Gasteiger partial charge in [0.1, 0.15) is 40.8 Å². The second-order valence-corrected chi connectivity index (χ2v) is 27.2. The van der Waals surface area contributed by atoms with E-state index in [1.807, 2.05) is 168 Å². The number of pyridine rings is 1. The van der Waals surface area contributed by atoms with Crippen molar-refractivity contribution in [2.45, 2.75) is 34.6 Å². The van der Waals surface area contributed by atoms with Crippen LogP contribution in [0.5, 0.6) is 17.2 Å². The highest BCUT2D eigenvalue weighted by molar-refractivity contribution is 7.14. The van der Waals surface area contributed by atoms with Crippen molar-refractivity contribution >= 4 is 133 Å². The number of thiazole rings is 3. The van der Waals surface area contributed by atoms with Crippen molar-refractivity contribution in [3.8, 4) is 50.3 Å². The maximum absolute atomic E-state index is 13.6. The van der Waals surface area contributed by atoms with Crippen molar-refractivity contribution in [1.82, 2.24) is 104 Å². The quantitative estimate of drug-likeness (QED) is 0.0337. The number of nitrogens with two attached hydrogens (primary N) is 5. The topological polar surface area (TPSA) is 485 Å². The van der Waals surface area contributed by atoms with Gasteiger partial charge in [0.05, 0.1) is 38.3 Å². The largest absolute Gasteiger partial charge is 0.497 e. The van der Waals surface area contributed by atoms with E-state index >= 15 is 0 Å². The van der Waals surface area contributed by atoms with E-state index in [1.165, 1.54) is 75.2 Å². The molecule has 0 radical (unpaired) electrons. The minimum absolute atomic E-state index is 0.0936. The fourth-order valence-electron chi connectivity index (χ4n) is 9.89. The van der Waals surface area contributed by atoms with Gasteiger partial charge in [-0.3, -0.25) is 0 Å². The summed E-state index contributed by atoms with van der Waals surface area (Å²) in [5.41, 5.74) is 35.6. The third-order valence-electron chi connectivity index (χ3n) is 15.2. The van der Waals surface area contributed by atoms with Crippen molar-refractivity contribution < 1.29 is 18.6 Å². The highest BCUT2D eigenvalue weighted by atomic mass is 32.1. The van der Waals surface area contributed by atoms with Crippen molar-refractivity contribution in [1.29, 1.82) is 5.26 Å². The summed E-state index contributed by atoms with van der Waals surface area (Å²) >= 11 is 4.51. The minimum Gasteiger partial charge on any atom is -0.497 e. The van der Waals surface area contributed by atoms with Crippen molar-refractivity contribution in [2.24, 2.45) is 0 Å². The molecule has 0 fully saturated rings. The van der Waals surface area contributed by atoms with E-state index in [0.29, 0.717) is 79.7 Å². The predicted molar refractivity (Wildman–Crippen MR) is 436 cm³/mol. The van der Waals surface area contributed by atoms with Crippen LogP contribution in [0.4, 0.5) is 104 Å². The first-order valence-corrected chi connectivity index (χ1v) is 36.2. The van der Waals surface area contributed by atoms with E-state index < -0.39 is 5.82 Å². The van der Waals surface area contributed by atoms with Crippen LogP contribution in [0.3, 0.4) is 0 Å². The SMILES string of the molecule is COc1ccc(Nc2nc(N)n(-c3ncc(C)s3)n2)cc1.COc1cccc(Nc2nc(N)n(-c3ncc(C)s3)n2)c1.COc1ccccc1Nc1nc(N)n(-c2ncc(C)s2)n1.Cc1ccc(Nc2nc(N)n(-c3cc(Nc4ccccc4)nc(C)n3)n2)cc1.N#Cc1ccc(-n2nc(Nc3ccccc3F)nc2N)nc1. The van der Waals surface area contributed by atoms with Gasteiger partial charge in [-0.25, -0.2) is 34.3 Å². The van der Waals surface area contributed by atoms with E-state index in [1.54, 1.807) is 76.3 Å². The Morgan fingerprint density at radius 2 is 0.823 bits per heavy atom. The molecule has 16 aromatic rings. The average Bonchev–Trinajstić information content (AvgIpc) is 1.56. The lowest BCUT2D eigenvalue weighted by molar-refractivity contribution is 0.415. The maximum Gasteiger partial charge on any atom is 0.249 e. The van der Waals surface area contributed by atoms with Crippen LogP contribution in [-0.4, -0.2) is 125 Å². The molecule has 10 aromatic heterocycles. The second kappa shape index (κ2) is 36.1. The highest BCUT2D eigenvalue weighted by Crippen LogP contribution is 2.30. The van der Waals surface area contributed by atoms with E-state index in [4.69, 9.17) is 48.1 Å². The van der Waals surface area contributed by atoms with Crippen LogP contribution in [0.15, 0.2) is 195 Å². The Hall–Kier alpha value is -15.2. The van der Waals surface area contributed by atoms with Crippen molar-refractivity contribution in [2.75, 3.05) is 81.9 Å². The summed E-state index contributed by atoms with van der Waals surface area (Å²) in [5.74, 6) is 6.97. The maximum atomic E-state index is 13.6. The first-order valence-electron chi connectivity index (χ1n) is 33.8. The van der Waals surface area contributed by atoms with Crippen LogP contribution in [0.2, 0.25) is 0 Å². The van der Waals surface area contributed by atoms with Crippen LogP contribution in [0, 0.1) is 51.8 Å². The van der Waals surface area contributed by atoms with Gasteiger partial charge in [0.2, 0.25) is 74.9 Å². The molecule has 0 aliphatic rings. The molecule has 16 rings (SSSR count). The Labute approximate surface area is 656 Å². The number of methoxy groups -OCH3 is 3. The molecule has 6 aromatic carbocycles. The summed E-state index contributed by atoms with van der Waals surface area (Å²) < 4.78 is 36.5. The standard InChI is InChI=1S/C20H20N8.C14H10FN7.3C13H14N6OS/c1-13-8-10-16(11-9-13)25-20-26-19(21)28(27-20)18-12-17(22-14(2)23-18)24-15-6-4-3-5-7-15;15-10-3-1-2-4-11(10)19-14-20-13(17)22(21-14)12-6-5-9(7-16)8-18-12;1-8-7-15-13(21-8)19-11(14)17-12(18-19)16-9-3-5-10(20-2)6-4-9;1-8-7-15-13(21-8)19-11(14)17-12(18-19)16-9-4-3-5-10(6-9)20-2;1-8-7-15-13(21-8)19-11(14)17-12(18-19)16-9-5-3-4-6-10(9)20-2/h3-12H,1-2H3,(H,22,23,24)(H3,21,25,26,27);1-6,8H,(H3,17,19,20,21);3*3-7H,1-2H3,(H3,14,16,17,18). The molecule has 10 heterocycles. The number of nitrogens with zero attached hydrogens (tertiary/aromatic N) is 22. The number of aryl methyl sites for hydroxylation is 5. The molecule has 0 unspecified atom stereocenters. The van der Waals surface area contributed by atoms with E-state index in [9.17, 15) is 4.39 Å². The summed E-state index contributed by atoms with van der Waals surface area (Å²) in [5, 5.41) is 50.8. The Morgan fingerprint density at radius 1 is 0.381 bits per heavy atom. The van der Waals surface area contributed by atoms with E-state index in [0.717, 1.165) is 54.6 Å². The zero-order chi connectivity index (χ0) is 79.5. The number of hydrogen-bond donors (Lipinski definition) is 11. The summed E-state index contributed by atoms with van der Waals surface area (Å²) in [7, 11) is 4.86. The molecule has 0 aliphatic carbocycles. The number of ether oxygens (including phenoxy) is 3. The number of para-hydroxylation sites is 4. The molecule has 0 saturated heterocycles. The number of benzene rings is 6. The van der Waals surface area contributed by atoms with E-state index in [-0.39, 0.29) is 35.4 Å². The third-order valence-corrected chi connectivity index (χ3v) is 17.8. The molecular formula is C73H72FN33O3S3. The molecule has 0 amide bonds. The number of halogens is 1. The molecule has 113 heavy (non-hydrogen) atoms.